The Kier molecular flexibility index (Phi) is 21.7. The molecule has 11 heteroatoms. The molecule has 0 saturated heterocycles. The fourth-order valence-electron chi connectivity index (χ4n) is 1.48. The molecule has 0 bridgehead atoms. The van der Waals surface area contributed by atoms with Crippen LogP contribution in [-0.4, -0.2) is 31.4 Å². The number of nitrogens with one attached hydrogen (secondary N) is 1. The summed E-state index contributed by atoms with van der Waals surface area (Å²) in [4.78, 5) is 2.80. The summed E-state index contributed by atoms with van der Waals surface area (Å²) in [5.74, 6) is -0.248. The van der Waals surface area contributed by atoms with E-state index in [9.17, 15) is 10.2 Å². The maximum absolute atomic E-state index is 11.6. The van der Waals surface area contributed by atoms with Crippen molar-refractivity contribution in [2.45, 2.75) is 0 Å². The third-order valence-corrected chi connectivity index (χ3v) is 2.53. The minimum atomic E-state index is -0.476. The van der Waals surface area contributed by atoms with Gasteiger partial charge in [-0.05, 0) is 23.3 Å². The third-order valence-electron chi connectivity index (χ3n) is 2.53. The van der Waals surface area contributed by atoms with E-state index < -0.39 is 5.90 Å². The summed E-state index contributed by atoms with van der Waals surface area (Å²) in [6.07, 6.45) is 4.48. The number of aliphatic hydroxyl groups excluding tert-OH is 1. The van der Waals surface area contributed by atoms with Gasteiger partial charge in [-0.1, -0.05) is 11.8 Å². The van der Waals surface area contributed by atoms with Gasteiger partial charge < -0.3 is 43.4 Å². The predicted octanol–water partition coefficient (Wildman–Crippen LogP) is -3.90. The molecule has 1 heterocycles. The minimum Gasteiger partial charge on any atom is -2.00 e. The van der Waals surface area contributed by atoms with Crippen molar-refractivity contribution in [2.24, 2.45) is 10.2 Å². The van der Waals surface area contributed by atoms with E-state index in [2.05, 4.69) is 15.2 Å². The van der Waals surface area contributed by atoms with E-state index in [1.165, 1.54) is 19.4 Å². The summed E-state index contributed by atoms with van der Waals surface area (Å²) in [6, 6.07) is 7.72. The first-order chi connectivity index (χ1) is 10.7. The first-order valence-electron chi connectivity index (χ1n) is 6.25. The van der Waals surface area contributed by atoms with Gasteiger partial charge in [0.25, 0.3) is 0 Å². The number of aromatic amines is 1. The summed E-state index contributed by atoms with van der Waals surface area (Å²) >= 11 is 0. The first kappa shape index (κ1) is 31.7. The van der Waals surface area contributed by atoms with E-state index in [-0.39, 0.29) is 50.2 Å². The Hall–Kier alpha value is -2.03. The molecule has 26 heavy (non-hydrogen) atoms. The van der Waals surface area contributed by atoms with Crippen molar-refractivity contribution in [1.82, 2.24) is 0 Å². The van der Waals surface area contributed by atoms with Gasteiger partial charge in [0.2, 0.25) is 0 Å². The number of aliphatic hydroxyl groups is 1. The van der Waals surface area contributed by atoms with E-state index in [4.69, 9.17) is 9.84 Å². The van der Waals surface area contributed by atoms with Gasteiger partial charge in [0.1, 0.15) is 5.75 Å². The zero-order valence-corrected chi connectivity index (χ0v) is 16.6. The molecule has 2 N–H and O–H groups in total. The normalized spacial score (nSPS) is 9.27. The number of nitrogens with zero attached hydrogens (tertiary/aromatic N) is 2. The molecule has 1 aromatic carbocycles. The second-order valence-electron chi connectivity index (χ2n) is 3.84. The van der Waals surface area contributed by atoms with Gasteiger partial charge >= 0.3 is 0 Å². The van der Waals surface area contributed by atoms with Gasteiger partial charge in [-0.25, -0.2) is 4.98 Å². The maximum Gasteiger partial charge on any atom is 0.167 e. The average molecular weight is 466 g/mol. The SMILES string of the molecule is CO.COc1ccc(/C=N/N=C(\[O-])c2cc[nH+]cc2)c([O-])c1.[Cl-].[Mo].[O-2].[O-2]. The predicted molar refractivity (Wildman–Crippen MR) is 79.1 cm³/mol. The van der Waals surface area contributed by atoms with Crippen LogP contribution < -0.4 is 32.3 Å². The molecule has 9 nitrogen and oxygen atoms in total. The van der Waals surface area contributed by atoms with Crippen molar-refractivity contribution in [3.05, 3.63) is 53.9 Å². The second kappa shape index (κ2) is 17.8. The van der Waals surface area contributed by atoms with Gasteiger partial charge in [0.05, 0.1) is 13.3 Å². The number of pyridine rings is 1. The number of aromatic nitrogens is 1. The van der Waals surface area contributed by atoms with Gasteiger partial charge in [-0.3, -0.25) is 0 Å². The fourth-order valence-corrected chi connectivity index (χ4v) is 1.48. The number of rotatable bonds is 4. The number of hydrogen-bond donors (Lipinski definition) is 1. The molecule has 0 aliphatic heterocycles. The minimum absolute atomic E-state index is 0. The van der Waals surface area contributed by atoms with Crippen LogP contribution in [0.4, 0.5) is 0 Å². The fraction of sp³-hybridized carbons (Fsp3) is 0.133. The number of methoxy groups -OCH3 is 1. The summed E-state index contributed by atoms with van der Waals surface area (Å²) in [5.41, 5.74) is 0.752. The van der Waals surface area contributed by atoms with Gasteiger partial charge in [-0.2, -0.15) is 10.2 Å². The van der Waals surface area contributed by atoms with Crippen molar-refractivity contribution >= 4 is 12.1 Å². The van der Waals surface area contributed by atoms with Crippen molar-refractivity contribution in [2.75, 3.05) is 14.2 Å². The van der Waals surface area contributed by atoms with Crippen LogP contribution >= 0.6 is 0 Å². The quantitative estimate of drug-likeness (QED) is 0.210. The Bertz CT molecular complexity index is 659. The van der Waals surface area contributed by atoms with E-state index >= 15 is 0 Å². The molecular weight excluding hydrogens is 450 g/mol. The number of H-pyrrole nitrogens is 1. The first-order valence-corrected chi connectivity index (χ1v) is 6.25. The van der Waals surface area contributed by atoms with E-state index in [1.54, 1.807) is 36.7 Å². The Balaban J connectivity index is -0.000000390. The van der Waals surface area contributed by atoms with Crippen LogP contribution in [0.25, 0.3) is 0 Å². The van der Waals surface area contributed by atoms with Gasteiger partial charge in [0.15, 0.2) is 12.4 Å². The molecule has 0 aliphatic carbocycles. The largest absolute Gasteiger partial charge is 2.00 e. The van der Waals surface area contributed by atoms with Crippen LogP contribution in [0.15, 0.2) is 52.9 Å². The van der Waals surface area contributed by atoms with Crippen molar-refractivity contribution in [1.29, 1.82) is 0 Å². The molecule has 146 valence electrons. The molecule has 0 saturated carbocycles. The summed E-state index contributed by atoms with van der Waals surface area (Å²) < 4.78 is 4.93. The average Bonchev–Trinajstić information content (AvgIpc) is 2.58. The molecule has 0 radical (unpaired) electrons. The standard InChI is InChI=1S/C14H13N3O3.CH4O.ClH.Mo.2O/c1-20-12-3-2-11(13(18)8-12)9-16-17-14(19)10-4-6-15-7-5-10;1-2;;;;/h2-9,18H,1H3,(H,17,19);2H,1H3;1H;;;/q;;;;2*-2/p-2/b16-9+;;;;;. The van der Waals surface area contributed by atoms with Crippen LogP contribution in [0.1, 0.15) is 11.1 Å². The Labute approximate surface area is 171 Å². The number of benzene rings is 1. The zero-order valence-electron chi connectivity index (χ0n) is 13.8. The van der Waals surface area contributed by atoms with Crippen LogP contribution in [0.3, 0.4) is 0 Å². The van der Waals surface area contributed by atoms with Crippen molar-refractivity contribution < 1.29 is 69.5 Å². The third kappa shape index (κ3) is 10.1. The molecule has 0 atom stereocenters. The second-order valence-corrected chi connectivity index (χ2v) is 3.84. The molecule has 2 aromatic rings. The van der Waals surface area contributed by atoms with Crippen LogP contribution in [0.5, 0.6) is 11.5 Å². The molecule has 0 amide bonds. The van der Waals surface area contributed by atoms with E-state index in [0.29, 0.717) is 16.9 Å². The van der Waals surface area contributed by atoms with Crippen LogP contribution in [-0.2, 0) is 32.0 Å². The molecule has 1 aromatic heterocycles. The molecule has 0 fully saturated rings. The summed E-state index contributed by atoms with van der Waals surface area (Å²) in [6.45, 7) is 0. The van der Waals surface area contributed by atoms with Crippen LogP contribution in [0.2, 0.25) is 0 Å². The Morgan fingerprint density at radius 3 is 2.23 bits per heavy atom. The molecule has 0 unspecified atom stereocenters. The topological polar surface area (TPSA) is 171 Å². The van der Waals surface area contributed by atoms with Crippen molar-refractivity contribution in [3.63, 3.8) is 0 Å². The number of halogens is 1. The monoisotopic (exact) mass is 467 g/mol. The van der Waals surface area contributed by atoms with E-state index in [0.717, 1.165) is 7.11 Å². The zero-order chi connectivity index (χ0) is 16.4. The molecule has 0 spiro atoms. The Morgan fingerprint density at radius 2 is 1.73 bits per heavy atom. The Morgan fingerprint density at radius 1 is 1.15 bits per heavy atom. The van der Waals surface area contributed by atoms with E-state index in [1.807, 2.05) is 0 Å². The molecular formula is C15H16ClMoN3O6-6. The maximum atomic E-state index is 11.6. The smallest absolute Gasteiger partial charge is 0.167 e. The van der Waals surface area contributed by atoms with Gasteiger partial charge in [0, 0.05) is 46.2 Å². The number of ether oxygens (including phenoxy) is 1. The molecule has 0 aliphatic rings. The summed E-state index contributed by atoms with van der Waals surface area (Å²) in [7, 11) is 2.48. The van der Waals surface area contributed by atoms with Gasteiger partial charge in [-0.15, -0.1) is 0 Å². The summed E-state index contributed by atoms with van der Waals surface area (Å²) in [5, 5.41) is 37.4. The van der Waals surface area contributed by atoms with Crippen LogP contribution in [0, 0.1) is 0 Å². The number of hydrogen-bond acceptors (Lipinski definition) is 6. The van der Waals surface area contributed by atoms with Crippen molar-refractivity contribution in [3.8, 4) is 11.5 Å². The molecule has 2 rings (SSSR count).